The van der Waals surface area contributed by atoms with Crippen molar-refractivity contribution in [2.24, 2.45) is 5.84 Å². The molecule has 0 saturated heterocycles. The average Bonchev–Trinajstić information content (AvgIpc) is 3.26. The summed E-state index contributed by atoms with van der Waals surface area (Å²) in [6, 6.07) is 15.7. The molecule has 104 valence electrons. The van der Waals surface area contributed by atoms with Crippen molar-refractivity contribution in [1.29, 1.82) is 0 Å². The number of benzene rings is 2. The minimum absolute atomic E-state index is 0.0741. The highest BCUT2D eigenvalue weighted by molar-refractivity contribution is 6.30. The van der Waals surface area contributed by atoms with Crippen molar-refractivity contribution in [2.75, 3.05) is 0 Å². The lowest BCUT2D eigenvalue weighted by molar-refractivity contribution is 0.302. The lowest BCUT2D eigenvalue weighted by Crippen LogP contribution is -2.28. The fourth-order valence-corrected chi connectivity index (χ4v) is 2.31. The molecule has 0 aliphatic heterocycles. The van der Waals surface area contributed by atoms with Crippen molar-refractivity contribution >= 4 is 11.6 Å². The van der Waals surface area contributed by atoms with Gasteiger partial charge in [0.05, 0.1) is 12.1 Å². The Kier molecular flexibility index (Phi) is 3.92. The molecule has 3 N–H and O–H groups in total. The smallest absolute Gasteiger partial charge is 0.120 e. The van der Waals surface area contributed by atoms with Gasteiger partial charge in [0.1, 0.15) is 5.75 Å². The second kappa shape index (κ2) is 5.83. The number of hydrazine groups is 1. The van der Waals surface area contributed by atoms with Crippen molar-refractivity contribution < 1.29 is 4.74 Å². The molecule has 20 heavy (non-hydrogen) atoms. The summed E-state index contributed by atoms with van der Waals surface area (Å²) in [5.74, 6) is 6.62. The van der Waals surface area contributed by atoms with Gasteiger partial charge in [0.25, 0.3) is 0 Å². The van der Waals surface area contributed by atoms with Crippen molar-refractivity contribution in [3.05, 3.63) is 64.7 Å². The lowest BCUT2D eigenvalue weighted by atomic mass is 9.99. The maximum Gasteiger partial charge on any atom is 0.120 e. The largest absolute Gasteiger partial charge is 0.490 e. The zero-order chi connectivity index (χ0) is 13.9. The number of hydrogen-bond acceptors (Lipinski definition) is 3. The van der Waals surface area contributed by atoms with Crippen molar-refractivity contribution in [2.45, 2.75) is 25.0 Å². The fraction of sp³-hybridized carbons (Fsp3) is 0.250. The Morgan fingerprint density at radius 1 is 1.10 bits per heavy atom. The maximum absolute atomic E-state index is 5.92. The molecule has 1 unspecified atom stereocenters. The first-order valence-corrected chi connectivity index (χ1v) is 7.12. The van der Waals surface area contributed by atoms with Crippen LogP contribution < -0.4 is 16.0 Å². The van der Waals surface area contributed by atoms with Gasteiger partial charge in [-0.05, 0) is 48.2 Å². The minimum Gasteiger partial charge on any atom is -0.490 e. The van der Waals surface area contributed by atoms with Gasteiger partial charge in [0.15, 0.2) is 0 Å². The van der Waals surface area contributed by atoms with Crippen LogP contribution in [0.5, 0.6) is 5.75 Å². The van der Waals surface area contributed by atoms with Gasteiger partial charge >= 0.3 is 0 Å². The van der Waals surface area contributed by atoms with Gasteiger partial charge < -0.3 is 4.74 Å². The van der Waals surface area contributed by atoms with Crippen molar-refractivity contribution in [1.82, 2.24) is 5.43 Å². The molecule has 1 aliphatic carbocycles. The van der Waals surface area contributed by atoms with Gasteiger partial charge in [0.2, 0.25) is 0 Å². The molecule has 0 aromatic heterocycles. The Morgan fingerprint density at radius 3 is 2.50 bits per heavy atom. The van der Waals surface area contributed by atoms with Crippen LogP contribution in [0.2, 0.25) is 5.02 Å². The summed E-state index contributed by atoms with van der Waals surface area (Å²) in [5, 5.41) is 0.718. The molecule has 1 saturated carbocycles. The van der Waals surface area contributed by atoms with Gasteiger partial charge in [-0.15, -0.1) is 0 Å². The summed E-state index contributed by atoms with van der Waals surface area (Å²) in [6.07, 6.45) is 2.70. The van der Waals surface area contributed by atoms with Crippen LogP contribution in [0.15, 0.2) is 48.5 Å². The predicted octanol–water partition coefficient (Wildman–Crippen LogP) is 3.43. The third kappa shape index (κ3) is 3.12. The quantitative estimate of drug-likeness (QED) is 0.654. The highest BCUT2D eigenvalue weighted by Gasteiger charge is 2.23. The summed E-state index contributed by atoms with van der Waals surface area (Å²) in [7, 11) is 0. The Labute approximate surface area is 123 Å². The summed E-state index contributed by atoms with van der Waals surface area (Å²) in [4.78, 5) is 0. The topological polar surface area (TPSA) is 47.3 Å². The predicted molar refractivity (Wildman–Crippen MR) is 80.7 cm³/mol. The Balaban J connectivity index is 1.85. The number of nitrogens with one attached hydrogen (secondary N) is 1. The van der Waals surface area contributed by atoms with E-state index in [-0.39, 0.29) is 6.04 Å². The highest BCUT2D eigenvalue weighted by atomic mass is 35.5. The number of hydrogen-bond donors (Lipinski definition) is 2. The number of ether oxygens (including phenoxy) is 1. The Bertz CT molecular complexity index is 581. The number of halogens is 1. The number of rotatable bonds is 5. The van der Waals surface area contributed by atoms with Crippen molar-refractivity contribution in [3.63, 3.8) is 0 Å². The SMILES string of the molecule is NNC(c1ccc(Cl)cc1)c1cccc(OC2CC2)c1. The summed E-state index contributed by atoms with van der Waals surface area (Å²) in [6.45, 7) is 0. The molecule has 4 heteroatoms. The van der Waals surface area contributed by atoms with E-state index in [1.165, 1.54) is 0 Å². The molecule has 0 amide bonds. The molecule has 2 aromatic rings. The lowest BCUT2D eigenvalue weighted by Gasteiger charge is -2.18. The highest BCUT2D eigenvalue weighted by Crippen LogP contribution is 2.30. The van der Waals surface area contributed by atoms with Gasteiger partial charge in [-0.3, -0.25) is 5.84 Å². The van der Waals surface area contributed by atoms with E-state index in [4.69, 9.17) is 22.2 Å². The van der Waals surface area contributed by atoms with Crippen LogP contribution in [0, 0.1) is 0 Å². The van der Waals surface area contributed by atoms with Crippen LogP contribution in [0.4, 0.5) is 0 Å². The molecule has 0 heterocycles. The van der Waals surface area contributed by atoms with Gasteiger partial charge in [-0.1, -0.05) is 35.9 Å². The zero-order valence-corrected chi connectivity index (χ0v) is 11.8. The van der Waals surface area contributed by atoms with E-state index in [2.05, 4.69) is 5.43 Å². The summed E-state index contributed by atoms with van der Waals surface area (Å²) in [5.41, 5.74) is 5.00. The fourth-order valence-electron chi connectivity index (χ4n) is 2.19. The van der Waals surface area contributed by atoms with Crippen LogP contribution in [0.1, 0.15) is 30.0 Å². The van der Waals surface area contributed by atoms with E-state index in [0.717, 1.165) is 34.7 Å². The molecular formula is C16H17ClN2O. The van der Waals surface area contributed by atoms with Crippen LogP contribution >= 0.6 is 11.6 Å². The second-order valence-corrected chi connectivity index (χ2v) is 5.48. The summed E-state index contributed by atoms with van der Waals surface area (Å²) >= 11 is 5.92. The van der Waals surface area contributed by atoms with E-state index >= 15 is 0 Å². The standard InChI is InChI=1S/C16H17ClN2O/c17-13-6-4-11(5-7-13)16(19-18)12-2-1-3-15(10-12)20-14-8-9-14/h1-7,10,14,16,19H,8-9,18H2. The normalized spacial score (nSPS) is 15.9. The molecule has 3 rings (SSSR count). The average molecular weight is 289 g/mol. The third-order valence-corrected chi connectivity index (χ3v) is 3.64. The first-order chi connectivity index (χ1) is 9.76. The third-order valence-electron chi connectivity index (χ3n) is 3.39. The molecule has 0 radical (unpaired) electrons. The molecule has 1 fully saturated rings. The molecular weight excluding hydrogens is 272 g/mol. The Morgan fingerprint density at radius 2 is 1.85 bits per heavy atom. The van der Waals surface area contributed by atoms with E-state index in [9.17, 15) is 0 Å². The second-order valence-electron chi connectivity index (χ2n) is 5.04. The molecule has 1 aliphatic rings. The van der Waals surface area contributed by atoms with Crippen molar-refractivity contribution in [3.8, 4) is 5.75 Å². The van der Waals surface area contributed by atoms with Crippen LogP contribution in [-0.4, -0.2) is 6.10 Å². The van der Waals surface area contributed by atoms with Gasteiger partial charge in [-0.25, -0.2) is 5.43 Å². The van der Waals surface area contributed by atoms with Crippen LogP contribution in [0.3, 0.4) is 0 Å². The maximum atomic E-state index is 5.92. The van der Waals surface area contributed by atoms with Crippen LogP contribution in [-0.2, 0) is 0 Å². The summed E-state index contributed by atoms with van der Waals surface area (Å²) < 4.78 is 5.83. The van der Waals surface area contributed by atoms with Gasteiger partial charge in [-0.2, -0.15) is 0 Å². The van der Waals surface area contributed by atoms with E-state index < -0.39 is 0 Å². The molecule has 0 bridgehead atoms. The molecule has 1 atom stereocenters. The Hall–Kier alpha value is -1.55. The number of nitrogens with two attached hydrogens (primary N) is 1. The first kappa shape index (κ1) is 13.4. The molecule has 0 spiro atoms. The minimum atomic E-state index is -0.0741. The van der Waals surface area contributed by atoms with Gasteiger partial charge in [0, 0.05) is 5.02 Å². The zero-order valence-electron chi connectivity index (χ0n) is 11.1. The van der Waals surface area contributed by atoms with Crippen LogP contribution in [0.25, 0.3) is 0 Å². The van der Waals surface area contributed by atoms with E-state index in [1.807, 2.05) is 48.5 Å². The monoisotopic (exact) mass is 288 g/mol. The first-order valence-electron chi connectivity index (χ1n) is 6.74. The van der Waals surface area contributed by atoms with E-state index in [1.54, 1.807) is 0 Å². The molecule has 3 nitrogen and oxygen atoms in total. The molecule has 2 aromatic carbocycles. The van der Waals surface area contributed by atoms with E-state index in [0.29, 0.717) is 6.10 Å².